The number of anilines is 1. The predicted molar refractivity (Wildman–Crippen MR) is 87.6 cm³/mol. The van der Waals surface area contributed by atoms with E-state index in [9.17, 15) is 13.6 Å². The molecule has 25 heavy (non-hydrogen) atoms. The van der Waals surface area contributed by atoms with Crippen molar-refractivity contribution in [1.82, 2.24) is 14.8 Å². The zero-order chi connectivity index (χ0) is 17.7. The van der Waals surface area contributed by atoms with Crippen LogP contribution in [0.25, 0.3) is 0 Å². The van der Waals surface area contributed by atoms with Crippen LogP contribution in [0.1, 0.15) is 40.2 Å². The Morgan fingerprint density at radius 3 is 2.64 bits per heavy atom. The number of piperidine rings is 1. The number of rotatable bonds is 5. The van der Waals surface area contributed by atoms with E-state index in [1.807, 2.05) is 19.1 Å². The zero-order valence-corrected chi connectivity index (χ0v) is 13.8. The molecule has 2 aliphatic rings. The zero-order valence-electron chi connectivity index (χ0n) is 13.8. The first-order chi connectivity index (χ1) is 11.9. The molecule has 0 radical (unpaired) electrons. The molecule has 2 unspecified atom stereocenters. The molecule has 1 aliphatic heterocycles. The molecule has 3 heterocycles. The van der Waals surface area contributed by atoms with E-state index in [-0.39, 0.29) is 12.1 Å². The maximum absolute atomic E-state index is 13.0. The van der Waals surface area contributed by atoms with Crippen LogP contribution in [0.5, 0.6) is 0 Å². The highest BCUT2D eigenvalue weighted by molar-refractivity contribution is 5.93. The number of carbonyl (C=O) groups is 1. The number of carbonyl (C=O) groups excluding carboxylic acids is 1. The highest BCUT2D eigenvalue weighted by Gasteiger charge is 2.45. The molecule has 1 saturated carbocycles. The maximum atomic E-state index is 13.0. The third-order valence-electron chi connectivity index (χ3n) is 5.08. The lowest BCUT2D eigenvalue weighted by molar-refractivity contribution is 0.0985. The monoisotopic (exact) mass is 347 g/mol. The molecule has 132 valence electrons. The van der Waals surface area contributed by atoms with Gasteiger partial charge in [0.05, 0.1) is 12.1 Å². The van der Waals surface area contributed by atoms with Gasteiger partial charge in [0, 0.05) is 25.0 Å². The third kappa shape index (κ3) is 2.96. The topological polar surface area (TPSA) is 77.0 Å². The Bertz CT molecular complexity index is 824. The van der Waals surface area contributed by atoms with E-state index in [1.165, 1.54) is 17.3 Å². The minimum Gasteiger partial charge on any atom is -0.365 e. The van der Waals surface area contributed by atoms with Gasteiger partial charge in [-0.1, -0.05) is 6.07 Å². The minimum absolute atomic E-state index is 0.242. The third-order valence-corrected chi connectivity index (χ3v) is 5.08. The Kier molecular flexibility index (Phi) is 3.70. The first-order valence-electron chi connectivity index (χ1n) is 8.29. The van der Waals surface area contributed by atoms with Gasteiger partial charge < -0.3 is 10.6 Å². The lowest BCUT2D eigenvalue weighted by Crippen LogP contribution is -2.23. The average molecular weight is 347 g/mol. The quantitative estimate of drug-likeness (QED) is 0.899. The van der Waals surface area contributed by atoms with Crippen LogP contribution in [0.3, 0.4) is 0 Å². The second-order valence-electron chi connectivity index (χ2n) is 6.87. The Hall–Kier alpha value is -2.51. The van der Waals surface area contributed by atoms with Gasteiger partial charge in [-0.15, -0.1) is 0 Å². The number of fused-ring (bicyclic) bond motifs is 1. The van der Waals surface area contributed by atoms with Crippen molar-refractivity contribution in [1.29, 1.82) is 0 Å². The summed E-state index contributed by atoms with van der Waals surface area (Å²) in [5.74, 6) is 1.70. The summed E-state index contributed by atoms with van der Waals surface area (Å²) in [6, 6.07) is 3.90. The molecule has 4 rings (SSSR count). The molecule has 1 saturated heterocycles. The van der Waals surface area contributed by atoms with E-state index in [0.29, 0.717) is 0 Å². The van der Waals surface area contributed by atoms with Gasteiger partial charge in [0.1, 0.15) is 11.5 Å². The highest BCUT2D eigenvalue weighted by atomic mass is 19.3. The summed E-state index contributed by atoms with van der Waals surface area (Å²) in [5.41, 5.74) is 6.02. The summed E-state index contributed by atoms with van der Waals surface area (Å²) in [4.78, 5) is 18.2. The largest absolute Gasteiger partial charge is 0.365 e. The van der Waals surface area contributed by atoms with Crippen molar-refractivity contribution in [2.45, 2.75) is 26.3 Å². The molecule has 1 amide bonds. The van der Waals surface area contributed by atoms with Crippen molar-refractivity contribution >= 4 is 11.7 Å². The molecule has 6 nitrogen and oxygen atoms in total. The van der Waals surface area contributed by atoms with Crippen molar-refractivity contribution in [3.8, 4) is 0 Å². The van der Waals surface area contributed by atoms with Crippen LogP contribution in [0.4, 0.5) is 14.6 Å². The van der Waals surface area contributed by atoms with Gasteiger partial charge in [0.25, 0.3) is 12.3 Å². The molecule has 2 atom stereocenters. The summed E-state index contributed by atoms with van der Waals surface area (Å²) in [5, 5.41) is 3.81. The van der Waals surface area contributed by atoms with E-state index in [0.717, 1.165) is 42.0 Å². The van der Waals surface area contributed by atoms with Gasteiger partial charge in [-0.05, 0) is 36.8 Å². The van der Waals surface area contributed by atoms with E-state index >= 15 is 0 Å². The molecule has 2 N–H and O–H groups in total. The number of nitrogens with zero attached hydrogens (tertiary/aromatic N) is 4. The number of aryl methyl sites for hydroxylation is 1. The lowest BCUT2D eigenvalue weighted by atomic mass is 10.2. The smallest absolute Gasteiger partial charge is 0.282 e. The molecule has 0 spiro atoms. The fourth-order valence-electron chi connectivity index (χ4n) is 3.55. The molecule has 0 bridgehead atoms. The van der Waals surface area contributed by atoms with Crippen LogP contribution in [-0.2, 0) is 6.54 Å². The minimum atomic E-state index is -2.84. The summed E-state index contributed by atoms with van der Waals surface area (Å²) < 4.78 is 27.3. The number of primary amides is 1. The first kappa shape index (κ1) is 16.0. The van der Waals surface area contributed by atoms with Crippen LogP contribution >= 0.6 is 0 Å². The first-order valence-corrected chi connectivity index (χ1v) is 8.29. The van der Waals surface area contributed by atoms with Crippen molar-refractivity contribution in [2.75, 3.05) is 18.0 Å². The van der Waals surface area contributed by atoms with Crippen LogP contribution in [-0.4, -0.2) is 33.8 Å². The van der Waals surface area contributed by atoms with E-state index < -0.39 is 18.0 Å². The normalized spacial score (nSPS) is 21.7. The molecule has 8 heteroatoms. The fraction of sp³-hybridized carbons (Fsp3) is 0.471. The summed E-state index contributed by atoms with van der Waals surface area (Å²) in [6.07, 6.45) is -0.237. The molecule has 2 aromatic rings. The van der Waals surface area contributed by atoms with Gasteiger partial charge >= 0.3 is 0 Å². The summed E-state index contributed by atoms with van der Waals surface area (Å²) in [6.45, 7) is 4.28. The summed E-state index contributed by atoms with van der Waals surface area (Å²) in [7, 11) is 0. The average Bonchev–Trinajstić information content (AvgIpc) is 2.97. The van der Waals surface area contributed by atoms with Crippen molar-refractivity contribution in [3.63, 3.8) is 0 Å². The van der Waals surface area contributed by atoms with E-state index in [2.05, 4.69) is 15.0 Å². The van der Waals surface area contributed by atoms with Crippen molar-refractivity contribution < 1.29 is 13.6 Å². The van der Waals surface area contributed by atoms with Crippen LogP contribution in [0.15, 0.2) is 18.3 Å². The van der Waals surface area contributed by atoms with Gasteiger partial charge in [-0.3, -0.25) is 9.48 Å². The highest BCUT2D eigenvalue weighted by Crippen LogP contribution is 2.45. The fourth-order valence-corrected chi connectivity index (χ4v) is 3.55. The van der Waals surface area contributed by atoms with E-state index in [4.69, 9.17) is 5.73 Å². The standard InChI is InChI=1S/C17H19F2N5O/c1-9-10(2-3-14(21-9)23-5-11-4-12(11)6-23)7-24-8-13(17(20)25)15(22-24)16(18)19/h2-3,8,11-12,16H,4-7H2,1H3,(H2,20,25). The predicted octanol–water partition coefficient (Wildman–Crippen LogP) is 2.13. The number of hydrogen-bond donors (Lipinski definition) is 1. The molecule has 0 aromatic carbocycles. The van der Waals surface area contributed by atoms with Gasteiger partial charge in [0.2, 0.25) is 0 Å². The van der Waals surface area contributed by atoms with Crippen LogP contribution in [0.2, 0.25) is 0 Å². The lowest BCUT2D eigenvalue weighted by Gasteiger charge is -2.20. The van der Waals surface area contributed by atoms with Gasteiger partial charge in [-0.2, -0.15) is 5.10 Å². The number of amides is 1. The Morgan fingerprint density at radius 1 is 1.36 bits per heavy atom. The number of halogens is 2. The number of alkyl halides is 2. The maximum Gasteiger partial charge on any atom is 0.282 e. The van der Waals surface area contributed by atoms with Crippen LogP contribution in [0, 0.1) is 18.8 Å². The molecular formula is C17H19F2N5O. The second-order valence-corrected chi connectivity index (χ2v) is 6.87. The van der Waals surface area contributed by atoms with Crippen LogP contribution < -0.4 is 10.6 Å². The summed E-state index contributed by atoms with van der Waals surface area (Å²) >= 11 is 0. The number of hydrogen-bond acceptors (Lipinski definition) is 4. The molecule has 2 aromatic heterocycles. The van der Waals surface area contributed by atoms with Gasteiger partial charge in [-0.25, -0.2) is 13.8 Å². The molecular weight excluding hydrogens is 328 g/mol. The van der Waals surface area contributed by atoms with Crippen molar-refractivity contribution in [2.24, 2.45) is 17.6 Å². The molecule has 1 aliphatic carbocycles. The Labute approximate surface area is 143 Å². The van der Waals surface area contributed by atoms with Gasteiger partial charge in [0.15, 0.2) is 0 Å². The number of nitrogens with two attached hydrogens (primary N) is 1. The number of pyridine rings is 1. The van der Waals surface area contributed by atoms with Crippen molar-refractivity contribution in [3.05, 3.63) is 40.8 Å². The molecule has 2 fully saturated rings. The number of aromatic nitrogens is 3. The Balaban J connectivity index is 1.54. The second kappa shape index (κ2) is 5.79. The van der Waals surface area contributed by atoms with E-state index in [1.54, 1.807) is 0 Å². The Morgan fingerprint density at radius 2 is 2.08 bits per heavy atom. The SMILES string of the molecule is Cc1nc(N2CC3CC3C2)ccc1Cn1cc(C(N)=O)c(C(F)F)n1.